The molecule has 0 saturated heterocycles. The first-order valence-electron chi connectivity index (χ1n) is 8.39. The van der Waals surface area contributed by atoms with E-state index in [1.165, 1.54) is 7.11 Å². The molecule has 1 aromatic heterocycles. The lowest BCUT2D eigenvalue weighted by atomic mass is 10.1. The molecule has 0 aliphatic heterocycles. The van der Waals surface area contributed by atoms with Crippen molar-refractivity contribution in [3.63, 3.8) is 0 Å². The molecule has 1 amide bonds. The number of carbonyl (C=O) groups excluding carboxylic acids is 2. The van der Waals surface area contributed by atoms with E-state index in [4.69, 9.17) is 9.47 Å². The summed E-state index contributed by atoms with van der Waals surface area (Å²) >= 11 is 0. The number of methoxy groups -OCH3 is 1. The number of amides is 1. The normalized spacial score (nSPS) is 12.3. The van der Waals surface area contributed by atoms with E-state index in [1.807, 2.05) is 34.9 Å². The van der Waals surface area contributed by atoms with Crippen molar-refractivity contribution in [1.82, 2.24) is 14.9 Å². The zero-order valence-electron chi connectivity index (χ0n) is 15.6. The second kappa shape index (κ2) is 8.51. The van der Waals surface area contributed by atoms with Gasteiger partial charge in [-0.1, -0.05) is 30.3 Å². The van der Waals surface area contributed by atoms with Crippen LogP contribution in [0.3, 0.4) is 0 Å². The first-order chi connectivity index (χ1) is 12.3. The number of imidazole rings is 1. The number of carbonyl (C=O) groups is 2. The number of alkyl carbamates (subject to hydrolysis) is 1. The van der Waals surface area contributed by atoms with Crippen molar-refractivity contribution in [3.05, 3.63) is 54.1 Å². The summed E-state index contributed by atoms with van der Waals surface area (Å²) in [6.45, 7) is 5.90. The van der Waals surface area contributed by atoms with E-state index in [-0.39, 0.29) is 6.42 Å². The van der Waals surface area contributed by atoms with Gasteiger partial charge in [0.15, 0.2) is 0 Å². The van der Waals surface area contributed by atoms with Crippen LogP contribution in [0.25, 0.3) is 0 Å². The zero-order chi connectivity index (χ0) is 19.2. The van der Waals surface area contributed by atoms with Crippen molar-refractivity contribution in [2.24, 2.45) is 0 Å². The molecular formula is C19H25N3O4. The number of hydrogen-bond donors (Lipinski definition) is 1. The Morgan fingerprint density at radius 1 is 1.23 bits per heavy atom. The fourth-order valence-corrected chi connectivity index (χ4v) is 2.44. The number of nitrogens with zero attached hydrogens (tertiary/aromatic N) is 2. The molecule has 2 aromatic rings. The van der Waals surface area contributed by atoms with Gasteiger partial charge in [-0.15, -0.1) is 0 Å². The Labute approximate surface area is 153 Å². The van der Waals surface area contributed by atoms with E-state index in [0.717, 1.165) is 11.3 Å². The molecule has 0 fully saturated rings. The molecular weight excluding hydrogens is 334 g/mol. The molecule has 0 radical (unpaired) electrons. The number of ether oxygens (including phenoxy) is 2. The fourth-order valence-electron chi connectivity index (χ4n) is 2.44. The average molecular weight is 359 g/mol. The molecule has 7 heteroatoms. The van der Waals surface area contributed by atoms with Gasteiger partial charge in [0.25, 0.3) is 0 Å². The van der Waals surface area contributed by atoms with E-state index in [1.54, 1.807) is 33.3 Å². The maximum absolute atomic E-state index is 12.1. The van der Waals surface area contributed by atoms with Gasteiger partial charge in [-0.25, -0.2) is 14.6 Å². The van der Waals surface area contributed by atoms with Crippen LogP contribution in [-0.4, -0.2) is 40.4 Å². The molecule has 0 bridgehead atoms. The third kappa shape index (κ3) is 5.91. The van der Waals surface area contributed by atoms with Crippen molar-refractivity contribution in [2.75, 3.05) is 7.11 Å². The largest absolute Gasteiger partial charge is 0.467 e. The summed E-state index contributed by atoms with van der Waals surface area (Å²) in [6, 6.07) is 9.05. The van der Waals surface area contributed by atoms with Gasteiger partial charge in [0.2, 0.25) is 0 Å². The average Bonchev–Trinajstić information content (AvgIpc) is 2.99. The minimum atomic E-state index is -0.860. The SMILES string of the molecule is COC(=O)[C@H](Cc1cncn1Cc1ccccc1)NC(=O)OC(C)(C)C. The maximum Gasteiger partial charge on any atom is 0.408 e. The third-order valence-electron chi connectivity index (χ3n) is 3.58. The minimum Gasteiger partial charge on any atom is -0.467 e. The van der Waals surface area contributed by atoms with E-state index >= 15 is 0 Å². The number of benzene rings is 1. The molecule has 7 nitrogen and oxygen atoms in total. The lowest BCUT2D eigenvalue weighted by Crippen LogP contribution is -2.45. The lowest BCUT2D eigenvalue weighted by molar-refractivity contribution is -0.143. The van der Waals surface area contributed by atoms with Crippen LogP contribution >= 0.6 is 0 Å². The van der Waals surface area contributed by atoms with Crippen molar-refractivity contribution in [2.45, 2.75) is 45.4 Å². The number of rotatable bonds is 6. The van der Waals surface area contributed by atoms with Crippen molar-refractivity contribution >= 4 is 12.1 Å². The van der Waals surface area contributed by atoms with E-state index in [2.05, 4.69) is 10.3 Å². The molecule has 1 N–H and O–H groups in total. The predicted molar refractivity (Wildman–Crippen MR) is 96.6 cm³/mol. The van der Waals surface area contributed by atoms with Crippen LogP contribution in [0.4, 0.5) is 4.79 Å². The van der Waals surface area contributed by atoms with E-state index < -0.39 is 23.7 Å². The standard InChI is InChI=1S/C19H25N3O4/c1-19(2,3)26-18(24)21-16(17(23)25-4)10-15-11-20-13-22(15)12-14-8-6-5-7-9-14/h5-9,11,13,16H,10,12H2,1-4H3,(H,21,24)/t16-/m0/s1. The molecule has 1 atom stereocenters. The van der Waals surface area contributed by atoms with Crippen molar-refractivity contribution in [1.29, 1.82) is 0 Å². The fraction of sp³-hybridized carbons (Fsp3) is 0.421. The van der Waals surface area contributed by atoms with Crippen molar-refractivity contribution in [3.8, 4) is 0 Å². The van der Waals surface area contributed by atoms with Crippen LogP contribution in [0.1, 0.15) is 32.0 Å². The number of nitrogens with one attached hydrogen (secondary N) is 1. The van der Waals surface area contributed by atoms with Crippen LogP contribution in [0.15, 0.2) is 42.9 Å². The summed E-state index contributed by atoms with van der Waals surface area (Å²) in [6.07, 6.45) is 2.96. The highest BCUT2D eigenvalue weighted by molar-refractivity contribution is 5.81. The highest BCUT2D eigenvalue weighted by Crippen LogP contribution is 2.11. The van der Waals surface area contributed by atoms with Gasteiger partial charge in [-0.2, -0.15) is 0 Å². The Morgan fingerprint density at radius 2 is 1.92 bits per heavy atom. The molecule has 0 aliphatic rings. The summed E-state index contributed by atoms with van der Waals surface area (Å²) < 4.78 is 12.0. The number of hydrogen-bond acceptors (Lipinski definition) is 5. The molecule has 0 saturated carbocycles. The monoisotopic (exact) mass is 359 g/mol. The zero-order valence-corrected chi connectivity index (χ0v) is 15.6. The van der Waals surface area contributed by atoms with Crippen molar-refractivity contribution < 1.29 is 19.1 Å². The second-order valence-corrected chi connectivity index (χ2v) is 6.92. The van der Waals surface area contributed by atoms with Crippen LogP contribution in [0.5, 0.6) is 0 Å². The lowest BCUT2D eigenvalue weighted by Gasteiger charge is -2.22. The van der Waals surface area contributed by atoms with E-state index in [9.17, 15) is 9.59 Å². The highest BCUT2D eigenvalue weighted by Gasteiger charge is 2.26. The van der Waals surface area contributed by atoms with Crippen LogP contribution in [0.2, 0.25) is 0 Å². The Morgan fingerprint density at radius 3 is 2.54 bits per heavy atom. The Bertz CT molecular complexity index is 735. The minimum absolute atomic E-state index is 0.249. The summed E-state index contributed by atoms with van der Waals surface area (Å²) in [7, 11) is 1.29. The second-order valence-electron chi connectivity index (χ2n) is 6.92. The van der Waals surface area contributed by atoms with Crippen LogP contribution in [-0.2, 0) is 27.2 Å². The Balaban J connectivity index is 2.10. The highest BCUT2D eigenvalue weighted by atomic mass is 16.6. The molecule has 0 unspecified atom stereocenters. The molecule has 140 valence electrons. The summed E-state index contributed by atoms with van der Waals surface area (Å²) in [5.41, 5.74) is 1.27. The molecule has 26 heavy (non-hydrogen) atoms. The quantitative estimate of drug-likeness (QED) is 0.802. The molecule has 1 aromatic carbocycles. The predicted octanol–water partition coefficient (Wildman–Crippen LogP) is 2.54. The number of aromatic nitrogens is 2. The topological polar surface area (TPSA) is 82.5 Å². The number of esters is 1. The third-order valence-corrected chi connectivity index (χ3v) is 3.58. The van der Waals surface area contributed by atoms with Crippen LogP contribution < -0.4 is 5.32 Å². The van der Waals surface area contributed by atoms with E-state index in [0.29, 0.717) is 6.54 Å². The molecule has 0 spiro atoms. The van der Waals surface area contributed by atoms with Gasteiger partial charge in [0.1, 0.15) is 11.6 Å². The van der Waals surface area contributed by atoms with Crippen LogP contribution in [0, 0.1) is 0 Å². The first-order valence-corrected chi connectivity index (χ1v) is 8.39. The Kier molecular flexibility index (Phi) is 6.38. The summed E-state index contributed by atoms with van der Waals surface area (Å²) in [5.74, 6) is -0.539. The summed E-state index contributed by atoms with van der Waals surface area (Å²) in [4.78, 5) is 28.3. The van der Waals surface area contributed by atoms with Gasteiger partial charge in [0, 0.05) is 24.9 Å². The molecule has 2 rings (SSSR count). The smallest absolute Gasteiger partial charge is 0.408 e. The molecule has 0 aliphatic carbocycles. The van der Waals surface area contributed by atoms with Gasteiger partial charge in [-0.05, 0) is 26.3 Å². The van der Waals surface area contributed by atoms with Gasteiger partial charge < -0.3 is 19.4 Å². The molecule has 1 heterocycles. The van der Waals surface area contributed by atoms with Gasteiger partial charge in [0.05, 0.1) is 13.4 Å². The maximum atomic E-state index is 12.1. The first kappa shape index (κ1) is 19.5. The van der Waals surface area contributed by atoms with Gasteiger partial charge in [-0.3, -0.25) is 0 Å². The summed E-state index contributed by atoms with van der Waals surface area (Å²) in [5, 5.41) is 2.58. The van der Waals surface area contributed by atoms with Gasteiger partial charge >= 0.3 is 12.1 Å². The Hall–Kier alpha value is -2.83.